The lowest BCUT2D eigenvalue weighted by Crippen LogP contribution is -2.39. The number of guanidine groups is 1. The number of benzene rings is 1. The highest BCUT2D eigenvalue weighted by atomic mass is 16.5. The van der Waals surface area contributed by atoms with Crippen LogP contribution in [0.5, 0.6) is 5.75 Å². The summed E-state index contributed by atoms with van der Waals surface area (Å²) in [5, 5.41) is 3.33. The molecule has 0 fully saturated rings. The molecule has 0 bridgehead atoms. The van der Waals surface area contributed by atoms with Crippen molar-refractivity contribution in [1.29, 1.82) is 0 Å². The molecule has 0 atom stereocenters. The summed E-state index contributed by atoms with van der Waals surface area (Å²) in [7, 11) is 5.78. The monoisotopic (exact) mass is 358 g/mol. The summed E-state index contributed by atoms with van der Waals surface area (Å²) < 4.78 is 13.2. The molecule has 1 aromatic heterocycles. The highest BCUT2D eigenvalue weighted by Crippen LogP contribution is 2.17. The van der Waals surface area contributed by atoms with Gasteiger partial charge in [-0.05, 0) is 25.1 Å². The van der Waals surface area contributed by atoms with Crippen LogP contribution in [0.2, 0.25) is 0 Å². The first-order chi connectivity index (χ1) is 12.7. The van der Waals surface area contributed by atoms with Crippen molar-refractivity contribution in [3.63, 3.8) is 0 Å². The number of para-hydroxylation sites is 1. The molecule has 0 aliphatic rings. The zero-order valence-corrected chi connectivity index (χ0v) is 16.2. The third kappa shape index (κ3) is 5.81. The second-order valence-electron chi connectivity index (χ2n) is 6.07. The van der Waals surface area contributed by atoms with Gasteiger partial charge in [-0.1, -0.05) is 18.2 Å². The molecule has 0 aliphatic heterocycles. The third-order valence-corrected chi connectivity index (χ3v) is 4.09. The molecular weight excluding hydrogens is 328 g/mol. The highest BCUT2D eigenvalue weighted by Gasteiger charge is 2.08. The van der Waals surface area contributed by atoms with Crippen molar-refractivity contribution in [1.82, 2.24) is 14.8 Å². The average Bonchev–Trinajstić information content (AvgIpc) is 3.05. The van der Waals surface area contributed by atoms with Crippen molar-refractivity contribution in [3.05, 3.63) is 53.9 Å². The summed E-state index contributed by atoms with van der Waals surface area (Å²) in [5.41, 5.74) is 2.29. The second-order valence-corrected chi connectivity index (χ2v) is 6.07. The van der Waals surface area contributed by atoms with E-state index in [1.54, 1.807) is 7.11 Å². The molecule has 0 spiro atoms. The lowest BCUT2D eigenvalue weighted by molar-refractivity contribution is 0.126. The predicted octanol–water partition coefficient (Wildman–Crippen LogP) is 2.65. The maximum Gasteiger partial charge on any atom is 0.194 e. The fraction of sp³-hybridized carbons (Fsp3) is 0.450. The number of nitrogens with zero attached hydrogens (tertiary/aromatic N) is 3. The van der Waals surface area contributed by atoms with Crippen LogP contribution in [-0.2, 0) is 24.9 Å². The number of methoxy groups -OCH3 is 1. The zero-order valence-electron chi connectivity index (χ0n) is 16.2. The van der Waals surface area contributed by atoms with E-state index in [2.05, 4.69) is 52.1 Å². The number of aliphatic imine (C=N–C) groups is 1. The Morgan fingerprint density at radius 1 is 1.23 bits per heavy atom. The topological polar surface area (TPSA) is 51.0 Å². The van der Waals surface area contributed by atoms with Crippen molar-refractivity contribution >= 4 is 5.96 Å². The maximum absolute atomic E-state index is 5.76. The Bertz CT molecular complexity index is 697. The Hall–Kier alpha value is -2.47. The largest absolute Gasteiger partial charge is 0.496 e. The molecule has 1 N–H and O–H groups in total. The van der Waals surface area contributed by atoms with Gasteiger partial charge in [0.25, 0.3) is 0 Å². The highest BCUT2D eigenvalue weighted by molar-refractivity contribution is 5.79. The molecule has 0 amide bonds. The summed E-state index contributed by atoms with van der Waals surface area (Å²) in [6, 6.07) is 12.1. The van der Waals surface area contributed by atoms with Crippen molar-refractivity contribution in [2.45, 2.75) is 20.1 Å². The van der Waals surface area contributed by atoms with Crippen LogP contribution in [0.15, 0.2) is 47.6 Å². The number of rotatable bonds is 9. The summed E-state index contributed by atoms with van der Waals surface area (Å²) >= 11 is 0. The molecule has 2 rings (SSSR count). The predicted molar refractivity (Wildman–Crippen MR) is 106 cm³/mol. The molecule has 0 radical (unpaired) electrons. The first-order valence-corrected chi connectivity index (χ1v) is 8.95. The lowest BCUT2D eigenvalue weighted by Gasteiger charge is -2.22. The van der Waals surface area contributed by atoms with Gasteiger partial charge < -0.3 is 24.3 Å². The maximum atomic E-state index is 5.76. The molecule has 1 aromatic carbocycles. The van der Waals surface area contributed by atoms with E-state index in [9.17, 15) is 0 Å². The molecule has 26 heavy (non-hydrogen) atoms. The van der Waals surface area contributed by atoms with E-state index in [0.717, 1.165) is 30.4 Å². The van der Waals surface area contributed by atoms with Gasteiger partial charge >= 0.3 is 0 Å². The van der Waals surface area contributed by atoms with E-state index in [4.69, 9.17) is 9.47 Å². The van der Waals surface area contributed by atoms with Crippen LogP contribution in [0, 0.1) is 0 Å². The second kappa shape index (κ2) is 10.5. The number of hydrogen-bond acceptors (Lipinski definition) is 3. The number of ether oxygens (including phenoxy) is 2. The van der Waals surface area contributed by atoms with E-state index in [0.29, 0.717) is 19.8 Å². The number of hydrogen-bond donors (Lipinski definition) is 1. The van der Waals surface area contributed by atoms with Crippen molar-refractivity contribution in [2.75, 3.05) is 33.9 Å². The SMILES string of the molecule is CCNC(=NCCOCc1ccccc1OC)N(C)Cc1cccn1C. The van der Waals surface area contributed by atoms with Crippen LogP contribution in [0.1, 0.15) is 18.2 Å². The van der Waals surface area contributed by atoms with Gasteiger partial charge in [0.15, 0.2) is 5.96 Å². The van der Waals surface area contributed by atoms with Gasteiger partial charge in [-0.3, -0.25) is 4.99 Å². The number of aromatic nitrogens is 1. The molecule has 1 heterocycles. The Balaban J connectivity index is 1.83. The van der Waals surface area contributed by atoms with Gasteiger partial charge in [-0.15, -0.1) is 0 Å². The lowest BCUT2D eigenvalue weighted by atomic mass is 10.2. The fourth-order valence-electron chi connectivity index (χ4n) is 2.67. The Morgan fingerprint density at radius 3 is 2.73 bits per heavy atom. The van der Waals surface area contributed by atoms with Gasteiger partial charge in [0.2, 0.25) is 0 Å². The first-order valence-electron chi connectivity index (χ1n) is 8.95. The molecular formula is C20H30N4O2. The van der Waals surface area contributed by atoms with Crippen LogP contribution in [-0.4, -0.2) is 49.3 Å². The van der Waals surface area contributed by atoms with Crippen LogP contribution >= 0.6 is 0 Å². The quantitative estimate of drug-likeness (QED) is 0.425. The van der Waals surface area contributed by atoms with Crippen molar-refractivity contribution in [2.24, 2.45) is 12.0 Å². The summed E-state index contributed by atoms with van der Waals surface area (Å²) in [5.74, 6) is 1.74. The molecule has 2 aromatic rings. The van der Waals surface area contributed by atoms with Gasteiger partial charge in [-0.25, -0.2) is 0 Å². The molecule has 0 aliphatic carbocycles. The number of aryl methyl sites for hydroxylation is 1. The van der Waals surface area contributed by atoms with Crippen LogP contribution in [0.4, 0.5) is 0 Å². The van der Waals surface area contributed by atoms with Crippen LogP contribution in [0.25, 0.3) is 0 Å². The average molecular weight is 358 g/mol. The summed E-state index contributed by atoms with van der Waals surface area (Å²) in [6.07, 6.45) is 2.05. The minimum atomic E-state index is 0.523. The summed E-state index contributed by atoms with van der Waals surface area (Å²) in [6.45, 7) is 5.40. The van der Waals surface area contributed by atoms with Crippen molar-refractivity contribution in [3.8, 4) is 5.75 Å². The van der Waals surface area contributed by atoms with E-state index < -0.39 is 0 Å². The molecule has 0 unspecified atom stereocenters. The molecule has 0 saturated carbocycles. The standard InChI is InChI=1S/C20H30N4O2/c1-5-21-20(24(3)15-18-10-8-13-23(18)2)22-12-14-26-16-17-9-6-7-11-19(17)25-4/h6-11,13H,5,12,14-16H2,1-4H3,(H,21,22). The number of nitrogens with one attached hydrogen (secondary N) is 1. The van der Waals surface area contributed by atoms with E-state index >= 15 is 0 Å². The Morgan fingerprint density at radius 2 is 2.04 bits per heavy atom. The minimum absolute atomic E-state index is 0.523. The molecule has 0 saturated heterocycles. The first kappa shape index (κ1) is 19.8. The van der Waals surface area contributed by atoms with Crippen LogP contribution < -0.4 is 10.1 Å². The van der Waals surface area contributed by atoms with Crippen molar-refractivity contribution < 1.29 is 9.47 Å². The van der Waals surface area contributed by atoms with E-state index in [1.807, 2.05) is 31.3 Å². The van der Waals surface area contributed by atoms with Gasteiger partial charge in [0, 0.05) is 38.1 Å². The van der Waals surface area contributed by atoms with E-state index in [1.165, 1.54) is 5.69 Å². The Labute approximate surface area is 156 Å². The zero-order chi connectivity index (χ0) is 18.8. The third-order valence-electron chi connectivity index (χ3n) is 4.09. The van der Waals surface area contributed by atoms with Gasteiger partial charge in [0.1, 0.15) is 5.75 Å². The fourth-order valence-corrected chi connectivity index (χ4v) is 2.67. The molecule has 142 valence electrons. The molecule has 6 heteroatoms. The minimum Gasteiger partial charge on any atom is -0.496 e. The van der Waals surface area contributed by atoms with Crippen LogP contribution in [0.3, 0.4) is 0 Å². The normalized spacial score (nSPS) is 11.5. The molecule has 6 nitrogen and oxygen atoms in total. The Kier molecular flexibility index (Phi) is 8.02. The van der Waals surface area contributed by atoms with Gasteiger partial charge in [0.05, 0.1) is 33.4 Å². The summed E-state index contributed by atoms with van der Waals surface area (Å²) in [4.78, 5) is 6.79. The van der Waals surface area contributed by atoms with Gasteiger partial charge in [-0.2, -0.15) is 0 Å². The van der Waals surface area contributed by atoms with E-state index in [-0.39, 0.29) is 0 Å². The smallest absolute Gasteiger partial charge is 0.194 e.